The van der Waals surface area contributed by atoms with Crippen molar-refractivity contribution in [1.29, 1.82) is 0 Å². The zero-order valence-electron chi connectivity index (χ0n) is 16.8. The van der Waals surface area contributed by atoms with Crippen LogP contribution in [0.4, 0.5) is 0 Å². The molecule has 1 heterocycles. The molecule has 0 saturated carbocycles. The number of halogens is 1. The van der Waals surface area contributed by atoms with Crippen molar-refractivity contribution in [1.82, 2.24) is 15.6 Å². The summed E-state index contributed by atoms with van der Waals surface area (Å²) >= 11 is 0. The van der Waals surface area contributed by atoms with Gasteiger partial charge in [-0.25, -0.2) is 13.4 Å². The lowest BCUT2D eigenvalue weighted by molar-refractivity contribution is 0.601. The number of hydrogen-bond donors (Lipinski definition) is 3. The molecule has 156 valence electrons. The van der Waals surface area contributed by atoms with Crippen molar-refractivity contribution in [2.75, 3.05) is 12.8 Å². The Morgan fingerprint density at radius 1 is 1.10 bits per heavy atom. The smallest absolute Gasteiger partial charge is 0.191 e. The summed E-state index contributed by atoms with van der Waals surface area (Å²) in [4.78, 5) is 8.37. The van der Waals surface area contributed by atoms with Crippen LogP contribution in [-0.4, -0.2) is 32.2 Å². The van der Waals surface area contributed by atoms with E-state index in [0.29, 0.717) is 23.9 Å². The Morgan fingerprint density at radius 3 is 2.52 bits per heavy atom. The maximum absolute atomic E-state index is 11.8. The van der Waals surface area contributed by atoms with Crippen molar-refractivity contribution < 1.29 is 8.42 Å². The number of rotatable bonds is 6. The number of H-pyrrole nitrogens is 1. The van der Waals surface area contributed by atoms with Crippen LogP contribution in [0, 0.1) is 6.92 Å². The van der Waals surface area contributed by atoms with Crippen molar-refractivity contribution >= 4 is 50.7 Å². The minimum absolute atomic E-state index is 0. The summed E-state index contributed by atoms with van der Waals surface area (Å²) < 4.78 is 23.5. The van der Waals surface area contributed by atoms with Gasteiger partial charge in [0.2, 0.25) is 0 Å². The molecule has 29 heavy (non-hydrogen) atoms. The van der Waals surface area contributed by atoms with Gasteiger partial charge in [0.15, 0.2) is 15.8 Å². The summed E-state index contributed by atoms with van der Waals surface area (Å²) in [6.07, 6.45) is 1.23. The highest BCUT2D eigenvalue weighted by Gasteiger charge is 2.10. The molecule has 2 aromatic carbocycles. The molecule has 0 bridgehead atoms. The number of aromatic amines is 1. The van der Waals surface area contributed by atoms with Gasteiger partial charge in [0.1, 0.15) is 0 Å². The van der Waals surface area contributed by atoms with Gasteiger partial charge in [0, 0.05) is 24.0 Å². The number of nitrogens with zero attached hydrogens (tertiary/aromatic N) is 1. The van der Waals surface area contributed by atoms with E-state index in [-0.39, 0.29) is 24.0 Å². The number of fused-ring (bicyclic) bond motifs is 1. The number of hydrogen-bond acceptors (Lipinski definition) is 3. The van der Waals surface area contributed by atoms with Crippen molar-refractivity contribution in [3.05, 3.63) is 65.4 Å². The lowest BCUT2D eigenvalue weighted by atomic mass is 10.1. The highest BCUT2D eigenvalue weighted by molar-refractivity contribution is 14.0. The highest BCUT2D eigenvalue weighted by Crippen LogP contribution is 2.17. The van der Waals surface area contributed by atoms with Crippen molar-refractivity contribution in [3.8, 4) is 0 Å². The minimum atomic E-state index is -3.20. The van der Waals surface area contributed by atoms with Gasteiger partial charge in [-0.15, -0.1) is 24.0 Å². The first-order chi connectivity index (χ1) is 13.4. The van der Waals surface area contributed by atoms with E-state index in [4.69, 9.17) is 0 Å². The van der Waals surface area contributed by atoms with Crippen LogP contribution in [0.5, 0.6) is 0 Å². The number of aliphatic imine (C=N–C) groups is 1. The van der Waals surface area contributed by atoms with Gasteiger partial charge in [0.05, 0.1) is 18.0 Å². The molecule has 0 aliphatic heterocycles. The Balaban J connectivity index is 0.00000300. The van der Waals surface area contributed by atoms with Gasteiger partial charge in [-0.3, -0.25) is 0 Å². The van der Waals surface area contributed by atoms with Gasteiger partial charge < -0.3 is 15.6 Å². The number of aromatic nitrogens is 1. The van der Waals surface area contributed by atoms with E-state index in [1.807, 2.05) is 38.1 Å². The first-order valence-corrected chi connectivity index (χ1v) is 11.1. The van der Waals surface area contributed by atoms with E-state index < -0.39 is 9.84 Å². The Labute approximate surface area is 189 Å². The third-order valence-electron chi connectivity index (χ3n) is 4.43. The van der Waals surface area contributed by atoms with Crippen LogP contribution in [0.1, 0.15) is 23.7 Å². The summed E-state index contributed by atoms with van der Waals surface area (Å²) in [7, 11) is -3.20. The molecule has 0 saturated heterocycles. The number of guanidine groups is 1. The molecule has 3 aromatic rings. The number of aryl methyl sites for hydroxylation is 1. The third-order valence-corrected chi connectivity index (χ3v) is 5.69. The Kier molecular flexibility index (Phi) is 8.09. The maximum Gasteiger partial charge on any atom is 0.191 e. The molecule has 0 fully saturated rings. The second kappa shape index (κ2) is 10.1. The topological polar surface area (TPSA) is 86.3 Å². The van der Waals surface area contributed by atoms with Crippen molar-refractivity contribution in [3.63, 3.8) is 0 Å². The second-order valence-electron chi connectivity index (χ2n) is 6.80. The number of sulfone groups is 1. The number of para-hydroxylation sites is 1. The van der Waals surface area contributed by atoms with Crippen LogP contribution < -0.4 is 10.6 Å². The van der Waals surface area contributed by atoms with Crippen LogP contribution in [0.15, 0.2) is 58.4 Å². The molecule has 0 amide bonds. The standard InChI is InChI=1S/C21H26N4O2S.HI/c1-4-22-21(24-14-18-12-17-7-5-6-8-19(17)25-18)23-13-16-9-10-20(15(2)11-16)28(3,26)27;/h5-12,25H,4,13-14H2,1-3H3,(H2,22,23,24);1H. The minimum Gasteiger partial charge on any atom is -0.357 e. The van der Waals surface area contributed by atoms with E-state index in [1.54, 1.807) is 6.07 Å². The van der Waals surface area contributed by atoms with Crippen LogP contribution in [0.2, 0.25) is 0 Å². The molecular formula is C21H27IN4O2S. The van der Waals surface area contributed by atoms with Crippen molar-refractivity contribution in [2.24, 2.45) is 4.99 Å². The SMILES string of the molecule is CCNC(=NCc1ccc(S(C)(=O)=O)c(C)c1)NCc1cc2ccccc2[nH]1.I. The highest BCUT2D eigenvalue weighted by atomic mass is 127. The van der Waals surface area contributed by atoms with E-state index in [9.17, 15) is 8.42 Å². The van der Waals surface area contributed by atoms with Gasteiger partial charge in [0.25, 0.3) is 0 Å². The summed E-state index contributed by atoms with van der Waals surface area (Å²) in [6, 6.07) is 15.6. The molecule has 3 rings (SSSR count). The molecule has 0 aliphatic rings. The zero-order valence-corrected chi connectivity index (χ0v) is 20.0. The Hall–Kier alpha value is -2.07. The molecular weight excluding hydrogens is 499 g/mol. The van der Waals surface area contributed by atoms with E-state index in [1.165, 1.54) is 11.6 Å². The molecule has 0 atom stereocenters. The first-order valence-electron chi connectivity index (χ1n) is 9.25. The third kappa shape index (κ3) is 6.20. The van der Waals surface area contributed by atoms with Crippen LogP contribution in [-0.2, 0) is 22.9 Å². The fourth-order valence-electron chi connectivity index (χ4n) is 3.15. The van der Waals surface area contributed by atoms with Gasteiger partial charge in [-0.05, 0) is 48.6 Å². The average molecular weight is 526 g/mol. The predicted octanol–water partition coefficient (Wildman–Crippen LogP) is 3.75. The number of benzene rings is 2. The Bertz CT molecular complexity index is 1070. The molecule has 1 aromatic heterocycles. The fraction of sp³-hybridized carbons (Fsp3) is 0.286. The van der Waals surface area contributed by atoms with Crippen LogP contribution >= 0.6 is 24.0 Å². The Morgan fingerprint density at radius 2 is 1.86 bits per heavy atom. The lowest BCUT2D eigenvalue weighted by Gasteiger charge is -2.11. The molecule has 0 aliphatic carbocycles. The van der Waals surface area contributed by atoms with Gasteiger partial charge in [-0.1, -0.05) is 30.3 Å². The first kappa shape index (κ1) is 23.2. The monoisotopic (exact) mass is 526 g/mol. The molecule has 0 spiro atoms. The van der Waals surface area contributed by atoms with Crippen molar-refractivity contribution in [2.45, 2.75) is 31.8 Å². The summed E-state index contributed by atoms with van der Waals surface area (Å²) in [6.45, 7) is 5.68. The maximum atomic E-state index is 11.8. The second-order valence-corrected chi connectivity index (χ2v) is 8.79. The molecule has 0 unspecified atom stereocenters. The van der Waals surface area contributed by atoms with Crippen LogP contribution in [0.3, 0.4) is 0 Å². The fourth-order valence-corrected chi connectivity index (χ4v) is 4.10. The summed E-state index contributed by atoms with van der Waals surface area (Å²) in [5.74, 6) is 0.714. The van der Waals surface area contributed by atoms with Gasteiger partial charge in [-0.2, -0.15) is 0 Å². The number of nitrogens with one attached hydrogen (secondary N) is 3. The normalized spacial score (nSPS) is 11.9. The molecule has 0 radical (unpaired) electrons. The van der Waals surface area contributed by atoms with E-state index in [2.05, 4.69) is 38.8 Å². The van der Waals surface area contributed by atoms with Gasteiger partial charge >= 0.3 is 0 Å². The summed E-state index contributed by atoms with van der Waals surface area (Å²) in [5.41, 5.74) is 3.90. The average Bonchev–Trinajstić information content (AvgIpc) is 3.06. The zero-order chi connectivity index (χ0) is 20.1. The summed E-state index contributed by atoms with van der Waals surface area (Å²) in [5, 5.41) is 7.75. The predicted molar refractivity (Wildman–Crippen MR) is 130 cm³/mol. The van der Waals surface area contributed by atoms with Crippen LogP contribution in [0.25, 0.3) is 10.9 Å². The van der Waals surface area contributed by atoms with E-state index >= 15 is 0 Å². The lowest BCUT2D eigenvalue weighted by Crippen LogP contribution is -2.36. The largest absolute Gasteiger partial charge is 0.357 e. The molecule has 8 heteroatoms. The quantitative estimate of drug-likeness (QED) is 0.260. The molecule has 3 N–H and O–H groups in total. The molecule has 6 nitrogen and oxygen atoms in total. The van der Waals surface area contributed by atoms with E-state index in [0.717, 1.165) is 28.9 Å².